The van der Waals surface area contributed by atoms with Crippen molar-refractivity contribution in [3.8, 4) is 11.4 Å². The lowest BCUT2D eigenvalue weighted by molar-refractivity contribution is -0.124. The maximum Gasteiger partial charge on any atom is 0.237 e. The molecule has 1 aromatic carbocycles. The van der Waals surface area contributed by atoms with Crippen molar-refractivity contribution >= 4 is 36.4 Å². The number of ether oxygens (including phenoxy) is 1. The summed E-state index contributed by atoms with van der Waals surface area (Å²) in [5.41, 5.74) is 6.73. The molecule has 7 nitrogen and oxygen atoms in total. The van der Waals surface area contributed by atoms with Gasteiger partial charge in [-0.05, 0) is 74.9 Å². The van der Waals surface area contributed by atoms with Gasteiger partial charge >= 0.3 is 0 Å². The Morgan fingerprint density at radius 1 is 1.23 bits per heavy atom. The molecule has 0 radical (unpaired) electrons. The molecule has 1 aliphatic heterocycles. The lowest BCUT2D eigenvalue weighted by Crippen LogP contribution is -2.38. The molecule has 8 heteroatoms. The summed E-state index contributed by atoms with van der Waals surface area (Å²) in [7, 11) is -1.12. The molecule has 3 heterocycles. The second-order valence-electron chi connectivity index (χ2n) is 11.9. The fourth-order valence-electron chi connectivity index (χ4n) is 5.33. The highest BCUT2D eigenvalue weighted by Gasteiger charge is 2.44. The number of nitrogens with zero attached hydrogens (tertiary/aromatic N) is 3. The smallest absolute Gasteiger partial charge is 0.237 e. The van der Waals surface area contributed by atoms with Gasteiger partial charge in [0, 0.05) is 37.5 Å². The largest absolute Gasteiger partial charge is 0.360 e. The standard InChI is InChI=1S/C27H36N4O3Si/c1-17(32)14-31-23-12-20-19-9-7-8-18-15-30(16-34-10-11-35(4,5)6)29-24(18)25(19)28-22(20)13-21(23)27(2,3)26(31)33/h12-13,15,28H,7-11,14,16H2,1-6H3. The first-order valence-electron chi connectivity index (χ1n) is 12.6. The van der Waals surface area contributed by atoms with Gasteiger partial charge in [0.15, 0.2) is 0 Å². The number of aromatic amines is 1. The Balaban J connectivity index is 1.51. The molecule has 1 N–H and O–H groups in total. The molecule has 2 aromatic heterocycles. The minimum absolute atomic E-state index is 0.0164. The number of nitrogens with one attached hydrogen (secondary N) is 1. The Hall–Kier alpha value is -2.71. The number of amides is 1. The lowest BCUT2D eigenvalue weighted by atomic mass is 9.85. The molecule has 0 atom stereocenters. The van der Waals surface area contributed by atoms with Crippen molar-refractivity contribution < 1.29 is 14.3 Å². The number of benzene rings is 1. The molecule has 5 rings (SSSR count). The summed E-state index contributed by atoms with van der Waals surface area (Å²) in [6.45, 7) is 13.8. The van der Waals surface area contributed by atoms with Crippen molar-refractivity contribution in [3.05, 3.63) is 35.0 Å². The van der Waals surface area contributed by atoms with Gasteiger partial charge in [0.05, 0.1) is 17.7 Å². The molecule has 0 fully saturated rings. The number of anilines is 1. The minimum Gasteiger partial charge on any atom is -0.360 e. The predicted octanol–water partition coefficient (Wildman–Crippen LogP) is 5.05. The summed E-state index contributed by atoms with van der Waals surface area (Å²) in [6.07, 6.45) is 5.08. The zero-order valence-corrected chi connectivity index (χ0v) is 22.7. The van der Waals surface area contributed by atoms with Gasteiger partial charge < -0.3 is 14.6 Å². The number of Topliss-reactive ketones (excluding diaryl/α,β-unsaturated/α-hetero) is 1. The van der Waals surface area contributed by atoms with E-state index in [0.29, 0.717) is 6.73 Å². The van der Waals surface area contributed by atoms with Crippen LogP contribution in [0, 0.1) is 0 Å². The van der Waals surface area contributed by atoms with Crippen LogP contribution >= 0.6 is 0 Å². The number of carbonyl (C=O) groups excluding carboxylic acids is 2. The van der Waals surface area contributed by atoms with Crippen LogP contribution < -0.4 is 4.90 Å². The van der Waals surface area contributed by atoms with E-state index < -0.39 is 13.5 Å². The van der Waals surface area contributed by atoms with E-state index in [1.54, 1.807) is 4.90 Å². The third-order valence-corrected chi connectivity index (χ3v) is 9.02. The number of carbonyl (C=O) groups is 2. The molecular weight excluding hydrogens is 456 g/mol. The van der Waals surface area contributed by atoms with Crippen molar-refractivity contribution in [2.75, 3.05) is 18.1 Å². The van der Waals surface area contributed by atoms with Crippen LogP contribution in [0.15, 0.2) is 18.3 Å². The van der Waals surface area contributed by atoms with E-state index in [4.69, 9.17) is 9.84 Å². The summed E-state index contributed by atoms with van der Waals surface area (Å²) >= 11 is 0. The molecule has 0 spiro atoms. The van der Waals surface area contributed by atoms with Crippen molar-refractivity contribution in [1.29, 1.82) is 0 Å². The van der Waals surface area contributed by atoms with Crippen LogP contribution in [0.5, 0.6) is 0 Å². The Morgan fingerprint density at radius 2 is 2.00 bits per heavy atom. The van der Waals surface area contributed by atoms with E-state index in [2.05, 4.69) is 43.0 Å². The van der Waals surface area contributed by atoms with E-state index in [1.807, 2.05) is 18.5 Å². The maximum atomic E-state index is 13.1. The fourth-order valence-corrected chi connectivity index (χ4v) is 6.08. The molecule has 1 amide bonds. The first-order chi connectivity index (χ1) is 16.5. The summed E-state index contributed by atoms with van der Waals surface area (Å²) in [6, 6.07) is 5.36. The first-order valence-corrected chi connectivity index (χ1v) is 16.3. The topological polar surface area (TPSA) is 80.2 Å². The zero-order valence-electron chi connectivity index (χ0n) is 21.7. The first kappa shape index (κ1) is 24.0. The van der Waals surface area contributed by atoms with Crippen molar-refractivity contribution in [3.63, 3.8) is 0 Å². The molecule has 2 aliphatic rings. The zero-order chi connectivity index (χ0) is 25.1. The van der Waals surface area contributed by atoms with Gasteiger partial charge in [-0.2, -0.15) is 5.10 Å². The molecule has 3 aromatic rings. The normalized spacial score (nSPS) is 16.9. The molecule has 1 aliphatic carbocycles. The highest BCUT2D eigenvalue weighted by atomic mass is 28.3. The van der Waals surface area contributed by atoms with Gasteiger partial charge in [0.25, 0.3) is 0 Å². The molecule has 35 heavy (non-hydrogen) atoms. The third kappa shape index (κ3) is 4.27. The Morgan fingerprint density at radius 3 is 2.71 bits per heavy atom. The molecule has 186 valence electrons. The van der Waals surface area contributed by atoms with Crippen molar-refractivity contribution in [1.82, 2.24) is 14.8 Å². The molecule has 0 saturated heterocycles. The van der Waals surface area contributed by atoms with Crippen LogP contribution in [0.25, 0.3) is 22.3 Å². The maximum absolute atomic E-state index is 13.1. The second-order valence-corrected chi connectivity index (χ2v) is 17.5. The monoisotopic (exact) mass is 492 g/mol. The van der Waals surface area contributed by atoms with Crippen LogP contribution in [0.3, 0.4) is 0 Å². The fraction of sp³-hybridized carbons (Fsp3) is 0.519. The van der Waals surface area contributed by atoms with Crippen LogP contribution in [-0.4, -0.2) is 47.7 Å². The van der Waals surface area contributed by atoms with Crippen LogP contribution in [0.1, 0.15) is 43.9 Å². The number of hydrogen-bond donors (Lipinski definition) is 1. The lowest BCUT2D eigenvalue weighted by Gasteiger charge is -2.19. The number of hydrogen-bond acceptors (Lipinski definition) is 4. The predicted molar refractivity (Wildman–Crippen MR) is 142 cm³/mol. The summed E-state index contributed by atoms with van der Waals surface area (Å²) in [5.74, 6) is -0.0335. The Kier molecular flexibility index (Phi) is 5.79. The van der Waals surface area contributed by atoms with Gasteiger partial charge in [0.2, 0.25) is 5.91 Å². The third-order valence-electron chi connectivity index (χ3n) is 7.31. The molecule has 0 saturated carbocycles. The quantitative estimate of drug-likeness (QED) is 0.370. The van der Waals surface area contributed by atoms with E-state index >= 15 is 0 Å². The highest BCUT2D eigenvalue weighted by molar-refractivity contribution is 6.76. The Labute approximate surface area is 207 Å². The number of aromatic nitrogens is 3. The summed E-state index contributed by atoms with van der Waals surface area (Å²) in [4.78, 5) is 30.4. The molecular formula is C27H36N4O3Si. The van der Waals surface area contributed by atoms with Gasteiger partial charge in [-0.1, -0.05) is 19.6 Å². The van der Waals surface area contributed by atoms with Crippen LogP contribution in [-0.2, 0) is 39.3 Å². The SMILES string of the molecule is CC(=O)CN1C(=O)C(C)(C)c2cc3[nH]c4c(c3cc21)CCCc1cn(COCC[Si](C)(C)C)nc1-4. The van der Waals surface area contributed by atoms with Gasteiger partial charge in [-0.3, -0.25) is 9.59 Å². The highest BCUT2D eigenvalue weighted by Crippen LogP contribution is 2.46. The van der Waals surface area contributed by atoms with Crippen molar-refractivity contribution in [2.45, 2.75) is 77.9 Å². The van der Waals surface area contributed by atoms with Crippen molar-refractivity contribution in [2.24, 2.45) is 0 Å². The van der Waals surface area contributed by atoms with E-state index in [1.165, 1.54) is 18.1 Å². The van der Waals surface area contributed by atoms with Gasteiger partial charge in [-0.15, -0.1) is 0 Å². The van der Waals surface area contributed by atoms with E-state index in [9.17, 15) is 9.59 Å². The number of ketones is 1. The van der Waals surface area contributed by atoms with Crippen LogP contribution in [0.2, 0.25) is 25.7 Å². The number of rotatable bonds is 7. The minimum atomic E-state index is -1.12. The van der Waals surface area contributed by atoms with Crippen LogP contribution in [0.4, 0.5) is 5.69 Å². The average Bonchev–Trinajstić information content (AvgIpc) is 3.34. The second kappa shape index (κ2) is 8.45. The molecule has 0 bridgehead atoms. The number of H-pyrrole nitrogens is 1. The van der Waals surface area contributed by atoms with E-state index in [-0.39, 0.29) is 18.2 Å². The molecule has 0 unspecified atom stereocenters. The average molecular weight is 493 g/mol. The number of aryl methyl sites for hydroxylation is 2. The number of fused-ring (bicyclic) bond motifs is 6. The van der Waals surface area contributed by atoms with Gasteiger partial charge in [0.1, 0.15) is 18.2 Å². The summed E-state index contributed by atoms with van der Waals surface area (Å²) < 4.78 is 7.86. The Bertz CT molecular complexity index is 1330. The summed E-state index contributed by atoms with van der Waals surface area (Å²) in [5, 5.41) is 6.04. The van der Waals surface area contributed by atoms with Gasteiger partial charge in [-0.25, -0.2) is 4.68 Å². The van der Waals surface area contributed by atoms with E-state index in [0.717, 1.165) is 65.5 Å².